The first kappa shape index (κ1) is 16.5. The second kappa shape index (κ2) is 6.41. The Morgan fingerprint density at radius 1 is 1.12 bits per heavy atom. The number of ether oxygens (including phenoxy) is 1. The van der Waals surface area contributed by atoms with E-state index in [-0.39, 0.29) is 12.3 Å². The Balaban J connectivity index is 1.88. The van der Waals surface area contributed by atoms with E-state index in [2.05, 4.69) is 20.2 Å². The highest BCUT2D eigenvalue weighted by atomic mass is 16.6. The van der Waals surface area contributed by atoms with Crippen LogP contribution in [0, 0.1) is 0 Å². The van der Waals surface area contributed by atoms with Crippen LogP contribution >= 0.6 is 0 Å². The number of hydrogen-bond donors (Lipinski definition) is 3. The number of nitrogens with one attached hydrogen (secondary N) is 1. The molecule has 3 N–H and O–H groups in total. The molecule has 1 aromatic heterocycles. The minimum Gasteiger partial charge on any atom is -0.388 e. The lowest BCUT2D eigenvalue weighted by molar-refractivity contribution is -0.0712. The highest BCUT2D eigenvalue weighted by molar-refractivity contribution is 5.73. The lowest BCUT2D eigenvalue weighted by atomic mass is 10.0. The Morgan fingerprint density at radius 3 is 2.58 bits per heavy atom. The molecule has 2 aromatic carbocycles. The molecule has 0 radical (unpaired) electrons. The lowest BCUT2D eigenvalue weighted by Gasteiger charge is -2.25. The third-order valence-electron chi connectivity index (χ3n) is 4.25. The maximum Gasteiger partial charge on any atom is 0.275 e. The average Bonchev–Trinajstić information content (AvgIpc) is 2.96. The molecule has 1 aliphatic rings. The molecule has 0 saturated carbocycles. The summed E-state index contributed by atoms with van der Waals surface area (Å²) in [7, 11) is 0. The van der Waals surface area contributed by atoms with E-state index in [0.717, 1.165) is 0 Å². The molecule has 1 saturated heterocycles. The fraction of sp³-hybridized carbons (Fsp3) is 0.222. The van der Waals surface area contributed by atoms with Crippen LogP contribution in [0.2, 0.25) is 0 Å². The first-order valence-electron chi connectivity index (χ1n) is 8.08. The molecule has 26 heavy (non-hydrogen) atoms. The van der Waals surface area contributed by atoms with E-state index in [1.807, 2.05) is 6.07 Å². The van der Waals surface area contributed by atoms with Gasteiger partial charge in [0.2, 0.25) is 0 Å². The van der Waals surface area contributed by atoms with E-state index in [1.54, 1.807) is 48.5 Å². The zero-order valence-corrected chi connectivity index (χ0v) is 13.6. The molecule has 0 aliphatic carbocycles. The van der Waals surface area contributed by atoms with Crippen molar-refractivity contribution in [2.45, 2.75) is 17.9 Å². The van der Waals surface area contributed by atoms with Gasteiger partial charge in [-0.2, -0.15) is 5.11 Å². The van der Waals surface area contributed by atoms with Gasteiger partial charge < -0.3 is 19.9 Å². The Labute approximate surface area is 147 Å². The van der Waals surface area contributed by atoms with E-state index in [4.69, 9.17) is 4.74 Å². The number of aliphatic hydroxyl groups excluding tert-OH is 2. The molecule has 132 valence electrons. The summed E-state index contributed by atoms with van der Waals surface area (Å²) in [5.41, 5.74) is -1.03. The number of azo groups is 1. The quantitative estimate of drug-likeness (QED) is 0.619. The van der Waals surface area contributed by atoms with Crippen molar-refractivity contribution in [3.63, 3.8) is 0 Å². The van der Waals surface area contributed by atoms with Crippen molar-refractivity contribution in [2.75, 3.05) is 6.61 Å². The fourth-order valence-corrected chi connectivity index (χ4v) is 2.89. The van der Waals surface area contributed by atoms with Crippen LogP contribution in [-0.4, -0.2) is 39.0 Å². The number of benzene rings is 2. The van der Waals surface area contributed by atoms with Gasteiger partial charge in [0.15, 0.2) is 5.69 Å². The highest BCUT2D eigenvalue weighted by Crippen LogP contribution is 2.37. The molecular weight excluding hydrogens is 336 g/mol. The van der Waals surface area contributed by atoms with Crippen molar-refractivity contribution in [3.05, 3.63) is 70.6 Å². The number of fused-ring (bicyclic) bond motifs is 1. The molecule has 0 amide bonds. The Kier molecular flexibility index (Phi) is 4.08. The second-order valence-electron chi connectivity index (χ2n) is 5.99. The van der Waals surface area contributed by atoms with Crippen molar-refractivity contribution in [1.29, 1.82) is 0 Å². The Hall–Kier alpha value is -2.94. The summed E-state index contributed by atoms with van der Waals surface area (Å²) >= 11 is 0. The van der Waals surface area contributed by atoms with Crippen LogP contribution in [0.1, 0.15) is 5.69 Å². The van der Waals surface area contributed by atoms with Crippen molar-refractivity contribution in [1.82, 2.24) is 9.97 Å². The molecule has 8 heteroatoms. The standard InChI is InChI=1S/C18H16N4O4/c23-14-10-26-18(16(14)24,22-21-11-6-2-1-3-7-11)15-17(25)20-13-9-5-4-8-12(13)19-15/h1-9,14,16,23-24H,10H2,(H,20,25)/t14-,16+,18?/m0/s1. The first-order valence-corrected chi connectivity index (χ1v) is 8.08. The number of H-pyrrole nitrogens is 1. The monoisotopic (exact) mass is 352 g/mol. The van der Waals surface area contributed by atoms with Crippen LogP contribution in [0.4, 0.5) is 5.69 Å². The lowest BCUT2D eigenvalue weighted by Crippen LogP contribution is -2.43. The smallest absolute Gasteiger partial charge is 0.275 e. The fourth-order valence-electron chi connectivity index (χ4n) is 2.89. The van der Waals surface area contributed by atoms with Crippen molar-refractivity contribution >= 4 is 16.7 Å². The minimum absolute atomic E-state index is 0.153. The van der Waals surface area contributed by atoms with E-state index >= 15 is 0 Å². The van der Waals surface area contributed by atoms with Crippen LogP contribution < -0.4 is 5.56 Å². The van der Waals surface area contributed by atoms with Gasteiger partial charge in [0.1, 0.15) is 12.2 Å². The van der Waals surface area contributed by atoms with Crippen molar-refractivity contribution in [3.8, 4) is 0 Å². The summed E-state index contributed by atoms with van der Waals surface area (Å²) in [4.78, 5) is 19.6. The Bertz CT molecular complexity index is 1020. The summed E-state index contributed by atoms with van der Waals surface area (Å²) in [6.07, 6.45) is -2.69. The van der Waals surface area contributed by atoms with Gasteiger partial charge in [0.05, 0.1) is 23.3 Å². The molecule has 1 aliphatic heterocycles. The van der Waals surface area contributed by atoms with Gasteiger partial charge in [-0.25, -0.2) is 4.98 Å². The zero-order chi connectivity index (χ0) is 18.1. The van der Waals surface area contributed by atoms with Gasteiger partial charge in [-0.1, -0.05) is 30.3 Å². The second-order valence-corrected chi connectivity index (χ2v) is 5.99. The largest absolute Gasteiger partial charge is 0.388 e. The van der Waals surface area contributed by atoms with Gasteiger partial charge in [0.25, 0.3) is 11.3 Å². The third kappa shape index (κ3) is 2.70. The van der Waals surface area contributed by atoms with Crippen LogP contribution in [0.3, 0.4) is 0 Å². The maximum absolute atomic E-state index is 12.6. The number of hydrogen-bond acceptors (Lipinski definition) is 7. The molecule has 3 aromatic rings. The van der Waals surface area contributed by atoms with E-state index in [0.29, 0.717) is 16.7 Å². The summed E-state index contributed by atoms with van der Waals surface area (Å²) < 4.78 is 5.56. The average molecular weight is 352 g/mol. The minimum atomic E-state index is -1.88. The first-order chi connectivity index (χ1) is 12.6. The Morgan fingerprint density at radius 2 is 1.85 bits per heavy atom. The number of aromatic amines is 1. The molecule has 2 heterocycles. The molecule has 1 fully saturated rings. The van der Waals surface area contributed by atoms with Crippen molar-refractivity contribution < 1.29 is 14.9 Å². The predicted octanol–water partition coefficient (Wildman–Crippen LogP) is 1.61. The van der Waals surface area contributed by atoms with Gasteiger partial charge in [-0.05, 0) is 24.3 Å². The topological polar surface area (TPSA) is 120 Å². The molecule has 8 nitrogen and oxygen atoms in total. The van der Waals surface area contributed by atoms with Gasteiger partial charge in [0, 0.05) is 0 Å². The highest BCUT2D eigenvalue weighted by Gasteiger charge is 2.54. The molecule has 0 spiro atoms. The maximum atomic E-state index is 12.6. The van der Waals surface area contributed by atoms with Gasteiger partial charge in [-0.15, -0.1) is 5.11 Å². The van der Waals surface area contributed by atoms with E-state index in [9.17, 15) is 15.0 Å². The van der Waals surface area contributed by atoms with Crippen LogP contribution in [0.15, 0.2) is 69.6 Å². The molecule has 1 unspecified atom stereocenters. The number of rotatable bonds is 3. The molecule has 3 atom stereocenters. The van der Waals surface area contributed by atoms with Crippen molar-refractivity contribution in [2.24, 2.45) is 10.2 Å². The van der Waals surface area contributed by atoms with Crippen LogP contribution in [0.5, 0.6) is 0 Å². The predicted molar refractivity (Wildman–Crippen MR) is 93.0 cm³/mol. The SMILES string of the molecule is O=c1[nH]c2ccccc2nc1C1(N=Nc2ccccc2)OC[C@H](O)[C@H]1O. The molecular formula is C18H16N4O4. The summed E-state index contributed by atoms with van der Waals surface area (Å²) in [5, 5.41) is 28.7. The zero-order valence-electron chi connectivity index (χ0n) is 13.6. The van der Waals surface area contributed by atoms with E-state index in [1.165, 1.54) is 0 Å². The van der Waals surface area contributed by atoms with Crippen LogP contribution in [0.25, 0.3) is 11.0 Å². The third-order valence-corrected chi connectivity index (χ3v) is 4.25. The van der Waals surface area contributed by atoms with Crippen LogP contribution in [-0.2, 0) is 10.5 Å². The summed E-state index contributed by atoms with van der Waals surface area (Å²) in [6.45, 7) is -0.192. The number of nitrogens with zero attached hydrogens (tertiary/aromatic N) is 3. The number of aromatic nitrogens is 2. The molecule has 4 rings (SSSR count). The van der Waals surface area contributed by atoms with Gasteiger partial charge >= 0.3 is 0 Å². The number of para-hydroxylation sites is 2. The number of aliphatic hydroxyl groups is 2. The summed E-state index contributed by atoms with van der Waals surface area (Å²) in [5.74, 6) is 0. The van der Waals surface area contributed by atoms with E-state index < -0.39 is 23.5 Å². The van der Waals surface area contributed by atoms with Gasteiger partial charge in [-0.3, -0.25) is 4.79 Å². The normalized spacial score (nSPS) is 25.9. The summed E-state index contributed by atoms with van der Waals surface area (Å²) in [6, 6.07) is 15.8. The molecule has 0 bridgehead atoms.